The minimum absolute atomic E-state index is 0.0588. The number of nitrogens with zero attached hydrogens (tertiary/aromatic N) is 1. The van der Waals surface area contributed by atoms with E-state index in [-0.39, 0.29) is 37.7 Å². The van der Waals surface area contributed by atoms with E-state index in [0.717, 1.165) is 13.8 Å². The van der Waals surface area contributed by atoms with Crippen molar-refractivity contribution in [2.45, 2.75) is 129 Å². The molecule has 0 saturated carbocycles. The van der Waals surface area contributed by atoms with Crippen LogP contribution in [0, 0.1) is 11.8 Å². The van der Waals surface area contributed by atoms with Gasteiger partial charge in [0.25, 0.3) is 0 Å². The predicted octanol–water partition coefficient (Wildman–Crippen LogP) is -5.17. The number of carboxylic acid groups (broad SMARTS) is 2. The van der Waals surface area contributed by atoms with Crippen LogP contribution in [-0.2, 0) is 43.2 Å². The van der Waals surface area contributed by atoms with E-state index in [1.54, 1.807) is 13.8 Å². The fourth-order valence-electron chi connectivity index (χ4n) is 5.23. The molecule has 24 nitrogen and oxygen atoms in total. The van der Waals surface area contributed by atoms with Gasteiger partial charge in [0.15, 0.2) is 5.96 Å². The Hall–Kier alpha value is -5.62. The number of guanidine groups is 1. The third-order valence-electron chi connectivity index (χ3n) is 8.70. The van der Waals surface area contributed by atoms with Crippen LogP contribution in [0.1, 0.15) is 80.1 Å². The second-order valence-electron chi connectivity index (χ2n) is 14.5. The van der Waals surface area contributed by atoms with Crippen molar-refractivity contribution >= 4 is 59.2 Å². The van der Waals surface area contributed by atoms with Gasteiger partial charge in [0.2, 0.25) is 41.4 Å². The molecule has 0 aromatic heterocycles. The first-order chi connectivity index (χ1) is 27.4. The molecule has 24 heteroatoms. The van der Waals surface area contributed by atoms with Crippen LogP contribution < -0.4 is 54.4 Å². The molecular formula is C35H63N11O13. The molecule has 0 heterocycles. The van der Waals surface area contributed by atoms with E-state index in [1.165, 1.54) is 0 Å². The molecule has 0 aliphatic heterocycles. The molecule has 0 unspecified atom stereocenters. The highest BCUT2D eigenvalue weighted by molar-refractivity contribution is 5.96. The Morgan fingerprint density at radius 2 is 1.12 bits per heavy atom. The monoisotopic (exact) mass is 845 g/mol. The molecule has 0 bridgehead atoms. The summed E-state index contributed by atoms with van der Waals surface area (Å²) in [6, 6.07) is -8.45. The number of aliphatic imine (C=N–C) groups is 1. The Kier molecular flexibility index (Phi) is 24.6. The van der Waals surface area contributed by atoms with Crippen molar-refractivity contribution in [2.75, 3.05) is 19.6 Å². The molecule has 9 atom stereocenters. The summed E-state index contributed by atoms with van der Waals surface area (Å²) in [6.45, 7) is 7.91. The van der Waals surface area contributed by atoms with Crippen LogP contribution in [0.3, 0.4) is 0 Å². The number of amides is 7. The number of carboxylic acids is 2. The van der Waals surface area contributed by atoms with E-state index in [2.05, 4.69) is 42.2 Å². The second-order valence-corrected chi connectivity index (χ2v) is 14.5. The van der Waals surface area contributed by atoms with Gasteiger partial charge in [0, 0.05) is 13.0 Å². The highest BCUT2D eigenvalue weighted by atomic mass is 16.4. The van der Waals surface area contributed by atoms with Crippen molar-refractivity contribution in [3.05, 3.63) is 0 Å². The van der Waals surface area contributed by atoms with E-state index in [4.69, 9.17) is 22.3 Å². The lowest BCUT2D eigenvalue weighted by Crippen LogP contribution is -2.61. The van der Waals surface area contributed by atoms with Crippen molar-refractivity contribution < 1.29 is 63.6 Å². The molecule has 0 aromatic rings. The molecule has 0 aliphatic rings. The van der Waals surface area contributed by atoms with Gasteiger partial charge in [0.1, 0.15) is 30.2 Å². The van der Waals surface area contributed by atoms with Crippen LogP contribution in [-0.4, -0.2) is 148 Å². The first-order valence-corrected chi connectivity index (χ1v) is 19.1. The lowest BCUT2D eigenvalue weighted by molar-refractivity contribution is -0.143. The van der Waals surface area contributed by atoms with Gasteiger partial charge < -0.3 is 74.8 Å². The van der Waals surface area contributed by atoms with Gasteiger partial charge in [-0.1, -0.05) is 34.1 Å². The van der Waals surface area contributed by atoms with Gasteiger partial charge in [-0.2, -0.15) is 0 Å². The van der Waals surface area contributed by atoms with Crippen molar-refractivity contribution in [2.24, 2.45) is 34.0 Å². The Morgan fingerprint density at radius 1 is 0.627 bits per heavy atom. The molecule has 0 spiro atoms. The van der Waals surface area contributed by atoms with Gasteiger partial charge in [-0.05, 0) is 51.4 Å². The van der Waals surface area contributed by atoms with E-state index >= 15 is 0 Å². The number of carbonyl (C=O) groups excluding carboxylic acids is 7. The number of nitrogens with one attached hydrogen (secondary N) is 7. The first kappa shape index (κ1) is 53.4. The fraction of sp³-hybridized carbons (Fsp3) is 0.714. The third kappa shape index (κ3) is 21.6. The minimum Gasteiger partial charge on any atom is -0.481 e. The van der Waals surface area contributed by atoms with E-state index < -0.39 is 127 Å². The van der Waals surface area contributed by atoms with Crippen LogP contribution in [0.25, 0.3) is 0 Å². The van der Waals surface area contributed by atoms with E-state index in [9.17, 15) is 58.5 Å². The number of nitrogens with two attached hydrogens (primary N) is 3. The molecular weight excluding hydrogens is 782 g/mol. The molecule has 0 aromatic carbocycles. The number of aliphatic carboxylic acids is 2. The Balaban J connectivity index is 5.56. The quantitative estimate of drug-likeness (QED) is 0.0199. The summed E-state index contributed by atoms with van der Waals surface area (Å²) in [5.41, 5.74) is 16.4. The first-order valence-electron chi connectivity index (χ1n) is 19.1. The van der Waals surface area contributed by atoms with Crippen LogP contribution in [0.4, 0.5) is 0 Å². The van der Waals surface area contributed by atoms with Crippen LogP contribution in [0.5, 0.6) is 0 Å². The van der Waals surface area contributed by atoms with Crippen molar-refractivity contribution in [1.82, 2.24) is 37.2 Å². The molecule has 336 valence electrons. The van der Waals surface area contributed by atoms with Gasteiger partial charge in [-0.15, -0.1) is 0 Å². The van der Waals surface area contributed by atoms with Crippen LogP contribution >= 0.6 is 0 Å². The Bertz CT molecular complexity index is 1490. The number of hydrogen-bond donors (Lipinski definition) is 14. The van der Waals surface area contributed by atoms with Crippen LogP contribution in [0.15, 0.2) is 4.99 Å². The number of rotatable bonds is 28. The summed E-state index contributed by atoms with van der Waals surface area (Å²) in [6.07, 6.45) is -3.21. The zero-order valence-electron chi connectivity index (χ0n) is 34.3. The summed E-state index contributed by atoms with van der Waals surface area (Å²) >= 11 is 0. The highest BCUT2D eigenvalue weighted by Gasteiger charge is 2.34. The average Bonchev–Trinajstić information content (AvgIpc) is 3.14. The zero-order chi connectivity index (χ0) is 45.6. The van der Waals surface area contributed by atoms with E-state index in [1.807, 2.05) is 13.8 Å². The van der Waals surface area contributed by atoms with Crippen molar-refractivity contribution in [3.8, 4) is 0 Å². The van der Waals surface area contributed by atoms with Gasteiger partial charge in [-0.3, -0.25) is 43.3 Å². The van der Waals surface area contributed by atoms with Gasteiger partial charge >= 0.3 is 11.9 Å². The summed E-state index contributed by atoms with van der Waals surface area (Å²) in [7, 11) is 0. The topological polar surface area (TPSA) is 409 Å². The third-order valence-corrected chi connectivity index (χ3v) is 8.70. The zero-order valence-corrected chi connectivity index (χ0v) is 34.3. The molecule has 7 amide bonds. The molecule has 17 N–H and O–H groups in total. The number of aliphatic hydroxyl groups is 2. The van der Waals surface area contributed by atoms with Crippen molar-refractivity contribution in [1.29, 1.82) is 0 Å². The molecule has 0 aliphatic carbocycles. The van der Waals surface area contributed by atoms with Gasteiger partial charge in [0.05, 0.1) is 31.3 Å². The standard InChI is InChI=1S/C35H63N11O13/c1-7-17(4)26(44-23(49)14-40-30(54)21(10-11-25(51)52)42-29(53)20(36)13-16(2)3)31(55)41-15-24(50)45-27(18(5)47)33(57)46-28(19(6)48)32(56)43-22(34(58)59)9-8-12-39-35(37)38/h16-22,26-28,47-48H,7-15,36H2,1-6H3,(H,40,54)(H,41,55)(H,42,53)(H,43,56)(H,44,49)(H,45,50)(H,46,57)(H,51,52)(H,58,59)(H4,37,38,39)/t17-,18+,19+,20-,21-,22-,26-,27-,28-/m0/s1. The Labute approximate surface area is 342 Å². The maximum Gasteiger partial charge on any atom is 0.326 e. The lowest BCUT2D eigenvalue weighted by Gasteiger charge is -2.27. The largest absolute Gasteiger partial charge is 0.481 e. The smallest absolute Gasteiger partial charge is 0.326 e. The van der Waals surface area contributed by atoms with Crippen LogP contribution in [0.2, 0.25) is 0 Å². The SMILES string of the molecule is CC[C@H](C)[C@H](NC(=O)CNC(=O)[C@H](CCC(=O)O)NC(=O)[C@@H](N)CC(C)C)C(=O)NCC(=O)N[C@H](C(=O)N[C@H](C(=O)N[C@@H](CCCN=C(N)N)C(=O)O)[C@@H](C)O)[C@@H](C)O. The van der Waals surface area contributed by atoms with Gasteiger partial charge in [-0.25, -0.2) is 4.79 Å². The molecule has 0 saturated heterocycles. The number of hydrogen-bond acceptors (Lipinski definition) is 13. The molecule has 0 radical (unpaired) electrons. The summed E-state index contributed by atoms with van der Waals surface area (Å²) in [4.78, 5) is 117. The fourth-order valence-corrected chi connectivity index (χ4v) is 5.23. The predicted molar refractivity (Wildman–Crippen MR) is 210 cm³/mol. The maximum atomic E-state index is 13.2. The summed E-state index contributed by atoms with van der Waals surface area (Å²) in [5.74, 6) is -9.77. The molecule has 0 fully saturated rings. The highest BCUT2D eigenvalue weighted by Crippen LogP contribution is 2.09. The molecule has 59 heavy (non-hydrogen) atoms. The number of aliphatic hydroxyl groups excluding tert-OH is 2. The summed E-state index contributed by atoms with van der Waals surface area (Å²) in [5, 5.41) is 55.2. The maximum absolute atomic E-state index is 13.2. The molecule has 0 rings (SSSR count). The van der Waals surface area contributed by atoms with E-state index in [0.29, 0.717) is 12.8 Å². The summed E-state index contributed by atoms with van der Waals surface area (Å²) < 4.78 is 0. The lowest BCUT2D eigenvalue weighted by atomic mass is 9.98. The normalized spacial score (nSPS) is 15.6. The minimum atomic E-state index is -1.73. The average molecular weight is 846 g/mol. The second kappa shape index (κ2) is 27.1. The Morgan fingerprint density at radius 3 is 1.59 bits per heavy atom. The number of carbonyl (C=O) groups is 9. The van der Waals surface area contributed by atoms with Crippen molar-refractivity contribution in [3.63, 3.8) is 0 Å².